The zero-order chi connectivity index (χ0) is 18.6. The summed E-state index contributed by atoms with van der Waals surface area (Å²) >= 11 is 0. The van der Waals surface area contributed by atoms with E-state index in [1.807, 2.05) is 42.5 Å². The first-order chi connectivity index (χ1) is 13.2. The monoisotopic (exact) mass is 363 g/mol. The molecule has 4 rings (SSSR count). The molecule has 0 radical (unpaired) electrons. The lowest BCUT2D eigenvalue weighted by molar-refractivity contribution is -0.123. The molecule has 1 aliphatic rings. The minimum Gasteiger partial charge on any atom is -0.483 e. The smallest absolute Gasteiger partial charge is 0.258 e. The first kappa shape index (κ1) is 17.3. The Kier molecular flexibility index (Phi) is 4.87. The van der Waals surface area contributed by atoms with Crippen LogP contribution in [0.15, 0.2) is 59.7 Å². The Morgan fingerprint density at radius 3 is 2.81 bits per heavy atom. The predicted molar refractivity (Wildman–Crippen MR) is 103 cm³/mol. The lowest BCUT2D eigenvalue weighted by atomic mass is 10.1. The average Bonchev–Trinajstić information content (AvgIpc) is 3.53. The Morgan fingerprint density at radius 1 is 1.19 bits per heavy atom. The van der Waals surface area contributed by atoms with Crippen molar-refractivity contribution >= 4 is 16.7 Å². The molecule has 0 bridgehead atoms. The molecular weight excluding hydrogens is 342 g/mol. The van der Waals surface area contributed by atoms with Gasteiger partial charge < -0.3 is 10.1 Å². The number of rotatable bonds is 7. The van der Waals surface area contributed by atoms with Crippen LogP contribution >= 0.6 is 0 Å². The van der Waals surface area contributed by atoms with Gasteiger partial charge in [-0.2, -0.15) is 0 Å². The van der Waals surface area contributed by atoms with E-state index in [2.05, 4.69) is 10.3 Å². The zero-order valence-corrected chi connectivity index (χ0v) is 14.9. The molecular formula is C21H21N3O3. The molecule has 6 nitrogen and oxygen atoms in total. The van der Waals surface area contributed by atoms with E-state index in [0.717, 1.165) is 29.3 Å². The minimum absolute atomic E-state index is 0.0677. The molecule has 1 aromatic heterocycles. The third kappa shape index (κ3) is 4.16. The fraction of sp³-hybridized carbons (Fsp3) is 0.286. The maximum absolute atomic E-state index is 12.1. The number of ether oxygens (including phenoxy) is 1. The van der Waals surface area contributed by atoms with Crippen molar-refractivity contribution in [2.45, 2.75) is 25.3 Å². The second-order valence-electron chi connectivity index (χ2n) is 6.74. The summed E-state index contributed by atoms with van der Waals surface area (Å²) in [6, 6.07) is 15.2. The molecule has 6 heteroatoms. The summed E-state index contributed by atoms with van der Waals surface area (Å²) in [7, 11) is 0. The van der Waals surface area contributed by atoms with Crippen LogP contribution in [0.4, 0.5) is 0 Å². The van der Waals surface area contributed by atoms with Gasteiger partial charge in [-0.1, -0.05) is 36.4 Å². The maximum Gasteiger partial charge on any atom is 0.258 e. The SMILES string of the molecule is O=C(COc1cccc2ccccc12)NCCn1cnc(C2CC2)cc1=O. The van der Waals surface area contributed by atoms with Gasteiger partial charge in [-0.3, -0.25) is 14.2 Å². The Labute approximate surface area is 156 Å². The van der Waals surface area contributed by atoms with Crippen LogP contribution in [0.1, 0.15) is 24.5 Å². The first-order valence-electron chi connectivity index (χ1n) is 9.14. The van der Waals surface area contributed by atoms with Crippen molar-refractivity contribution in [3.8, 4) is 5.75 Å². The number of hydrogen-bond acceptors (Lipinski definition) is 4. The van der Waals surface area contributed by atoms with Gasteiger partial charge in [-0.25, -0.2) is 4.98 Å². The molecule has 2 aromatic carbocycles. The second kappa shape index (κ2) is 7.61. The van der Waals surface area contributed by atoms with Crippen molar-refractivity contribution in [3.05, 3.63) is 70.9 Å². The topological polar surface area (TPSA) is 73.2 Å². The number of aromatic nitrogens is 2. The highest BCUT2D eigenvalue weighted by molar-refractivity contribution is 5.88. The Hall–Kier alpha value is -3.15. The molecule has 1 N–H and O–H groups in total. The third-order valence-electron chi connectivity index (χ3n) is 4.68. The summed E-state index contributed by atoms with van der Waals surface area (Å²) in [5.41, 5.74) is 0.803. The molecule has 0 unspecified atom stereocenters. The molecule has 0 atom stereocenters. The summed E-state index contributed by atoms with van der Waals surface area (Å²) in [5, 5.41) is 4.81. The lowest BCUT2D eigenvalue weighted by Crippen LogP contribution is -2.33. The van der Waals surface area contributed by atoms with Crippen LogP contribution in [0.2, 0.25) is 0 Å². The fourth-order valence-corrected chi connectivity index (χ4v) is 3.04. The summed E-state index contributed by atoms with van der Waals surface area (Å²) in [4.78, 5) is 28.4. The molecule has 27 heavy (non-hydrogen) atoms. The van der Waals surface area contributed by atoms with Crippen LogP contribution in [0.25, 0.3) is 10.8 Å². The van der Waals surface area contributed by atoms with Gasteiger partial charge in [-0.15, -0.1) is 0 Å². The van der Waals surface area contributed by atoms with E-state index < -0.39 is 0 Å². The number of nitrogens with one attached hydrogen (secondary N) is 1. The number of fused-ring (bicyclic) bond motifs is 1. The van der Waals surface area contributed by atoms with Gasteiger partial charge in [0.1, 0.15) is 5.75 Å². The average molecular weight is 363 g/mol. The van der Waals surface area contributed by atoms with E-state index in [0.29, 0.717) is 24.8 Å². The molecule has 3 aromatic rings. The van der Waals surface area contributed by atoms with Gasteiger partial charge in [0, 0.05) is 30.5 Å². The van der Waals surface area contributed by atoms with Gasteiger partial charge >= 0.3 is 0 Å². The van der Waals surface area contributed by atoms with Crippen molar-refractivity contribution in [1.29, 1.82) is 0 Å². The van der Waals surface area contributed by atoms with Gasteiger partial charge in [0.15, 0.2) is 6.61 Å². The predicted octanol–water partition coefficient (Wildman–Crippen LogP) is 2.47. The number of carbonyl (C=O) groups excluding carboxylic acids is 1. The van der Waals surface area contributed by atoms with Crippen LogP contribution in [-0.2, 0) is 11.3 Å². The van der Waals surface area contributed by atoms with Crippen molar-refractivity contribution in [2.75, 3.05) is 13.2 Å². The van der Waals surface area contributed by atoms with Gasteiger partial charge in [0.05, 0.1) is 12.0 Å². The number of amides is 1. The van der Waals surface area contributed by atoms with E-state index in [1.165, 1.54) is 4.57 Å². The van der Waals surface area contributed by atoms with Crippen molar-refractivity contribution < 1.29 is 9.53 Å². The van der Waals surface area contributed by atoms with E-state index in [9.17, 15) is 9.59 Å². The molecule has 1 heterocycles. The van der Waals surface area contributed by atoms with Crippen LogP contribution in [-0.4, -0.2) is 28.6 Å². The summed E-state index contributed by atoms with van der Waals surface area (Å²) in [6.07, 6.45) is 3.79. The summed E-state index contributed by atoms with van der Waals surface area (Å²) in [5.74, 6) is 0.913. The fourth-order valence-electron chi connectivity index (χ4n) is 3.04. The van der Waals surface area contributed by atoms with Gasteiger partial charge in [-0.05, 0) is 24.3 Å². The van der Waals surface area contributed by atoms with E-state index in [4.69, 9.17) is 4.74 Å². The van der Waals surface area contributed by atoms with E-state index in [-0.39, 0.29) is 18.1 Å². The first-order valence-corrected chi connectivity index (χ1v) is 9.14. The lowest BCUT2D eigenvalue weighted by Gasteiger charge is -2.10. The summed E-state index contributed by atoms with van der Waals surface area (Å²) in [6.45, 7) is 0.667. The van der Waals surface area contributed by atoms with Crippen molar-refractivity contribution in [1.82, 2.24) is 14.9 Å². The molecule has 0 aliphatic heterocycles. The number of carbonyl (C=O) groups is 1. The highest BCUT2D eigenvalue weighted by atomic mass is 16.5. The molecule has 138 valence electrons. The van der Waals surface area contributed by atoms with Crippen LogP contribution < -0.4 is 15.6 Å². The molecule has 1 aliphatic carbocycles. The summed E-state index contributed by atoms with van der Waals surface area (Å²) < 4.78 is 7.18. The standard InChI is InChI=1S/C21H21N3O3/c25-20(13-27-19-7-3-5-15-4-1-2-6-17(15)19)22-10-11-24-14-23-18(12-21(24)26)16-8-9-16/h1-7,12,14,16H,8-11,13H2,(H,22,25). The highest BCUT2D eigenvalue weighted by Gasteiger charge is 2.25. The molecule has 1 amide bonds. The number of benzene rings is 2. The molecule has 0 spiro atoms. The largest absolute Gasteiger partial charge is 0.483 e. The maximum atomic E-state index is 12.1. The number of nitrogens with zero attached hydrogens (tertiary/aromatic N) is 2. The Balaban J connectivity index is 1.28. The van der Waals surface area contributed by atoms with Crippen LogP contribution in [0, 0.1) is 0 Å². The normalized spacial score (nSPS) is 13.5. The van der Waals surface area contributed by atoms with Crippen LogP contribution in [0.5, 0.6) is 5.75 Å². The van der Waals surface area contributed by atoms with Crippen LogP contribution in [0.3, 0.4) is 0 Å². The quantitative estimate of drug-likeness (QED) is 0.700. The minimum atomic E-state index is -0.224. The van der Waals surface area contributed by atoms with Gasteiger partial charge in [0.25, 0.3) is 11.5 Å². The van der Waals surface area contributed by atoms with E-state index in [1.54, 1.807) is 12.4 Å². The highest BCUT2D eigenvalue weighted by Crippen LogP contribution is 2.38. The number of hydrogen-bond donors (Lipinski definition) is 1. The molecule has 0 saturated heterocycles. The third-order valence-corrected chi connectivity index (χ3v) is 4.68. The molecule has 1 saturated carbocycles. The second-order valence-corrected chi connectivity index (χ2v) is 6.74. The van der Waals surface area contributed by atoms with Crippen molar-refractivity contribution in [3.63, 3.8) is 0 Å². The Bertz CT molecular complexity index is 1020. The molecule has 1 fully saturated rings. The van der Waals surface area contributed by atoms with Crippen molar-refractivity contribution in [2.24, 2.45) is 0 Å². The van der Waals surface area contributed by atoms with E-state index >= 15 is 0 Å². The Morgan fingerprint density at radius 2 is 2.00 bits per heavy atom. The van der Waals surface area contributed by atoms with Gasteiger partial charge in [0.2, 0.25) is 0 Å². The zero-order valence-electron chi connectivity index (χ0n) is 14.9.